The van der Waals surface area contributed by atoms with Gasteiger partial charge in [0.15, 0.2) is 0 Å². The number of carboxylic acids is 1. The van der Waals surface area contributed by atoms with E-state index in [1.807, 2.05) is 26.0 Å². The second kappa shape index (κ2) is 16.6. The van der Waals surface area contributed by atoms with E-state index in [2.05, 4.69) is 76.8 Å². The van der Waals surface area contributed by atoms with Crippen LogP contribution in [0.1, 0.15) is 85.1 Å². The fourth-order valence-electron chi connectivity index (χ4n) is 4.14. The number of hydrogen-bond acceptors (Lipinski definition) is 4. The third-order valence-electron chi connectivity index (χ3n) is 6.06. The number of alkyl halides is 3. The maximum atomic E-state index is 12.9. The molecule has 4 nitrogen and oxygen atoms in total. The van der Waals surface area contributed by atoms with Crippen molar-refractivity contribution in [1.82, 2.24) is 0 Å². The van der Waals surface area contributed by atoms with Gasteiger partial charge in [-0.1, -0.05) is 52.0 Å². The lowest BCUT2D eigenvalue weighted by molar-refractivity contribution is -0.137. The lowest BCUT2D eigenvalue weighted by Gasteiger charge is -2.21. The summed E-state index contributed by atoms with van der Waals surface area (Å²) in [5, 5.41) is 7.71. The Kier molecular flexibility index (Phi) is 14.7. The van der Waals surface area contributed by atoms with E-state index in [1.165, 1.54) is 16.7 Å². The number of aliphatic carboxylic acids is 1. The molecule has 0 aliphatic rings. The predicted molar refractivity (Wildman–Crippen MR) is 166 cm³/mol. The summed E-state index contributed by atoms with van der Waals surface area (Å²) in [5.74, 6) is -0.711. The zero-order chi connectivity index (χ0) is 31.4. The number of carbonyl (C=O) groups is 2. The van der Waals surface area contributed by atoms with Crippen LogP contribution in [0.4, 0.5) is 13.2 Å². The second-order valence-electron chi connectivity index (χ2n) is 10.7. The molecule has 41 heavy (non-hydrogen) atoms. The largest absolute Gasteiger partial charge is 0.481 e. The molecule has 0 saturated heterocycles. The molecule has 1 heterocycles. The van der Waals surface area contributed by atoms with Crippen LogP contribution >= 0.6 is 23.1 Å². The molecule has 0 saturated carbocycles. The van der Waals surface area contributed by atoms with E-state index < -0.39 is 18.6 Å². The van der Waals surface area contributed by atoms with E-state index in [4.69, 9.17) is 9.90 Å². The van der Waals surface area contributed by atoms with Crippen molar-refractivity contribution in [2.75, 3.05) is 0 Å². The highest BCUT2D eigenvalue weighted by molar-refractivity contribution is 7.99. The Morgan fingerprint density at radius 2 is 1.56 bits per heavy atom. The standard InChI is InChI=1S/C27H31F3S2.C4H8O2.CH3NO/c1-17-15-22(32-24(13-14-27(28,29)30)23-12-7-19(3)31-23)16-18(2)25(17)20-8-10-21(11-9-20)26(4,5)6;1-2-3-4(5)6;2-1-3/h7-12,15-16,24H,13-14H2,1-6H3;2-3H2,1H3,(H,5,6);1H,(H2,2,3). The monoisotopic (exact) mass is 609 g/mol. The van der Waals surface area contributed by atoms with Crippen molar-refractivity contribution < 1.29 is 27.9 Å². The number of carbonyl (C=O) groups excluding carboxylic acids is 1. The molecule has 3 aromatic rings. The number of thiophene rings is 1. The summed E-state index contributed by atoms with van der Waals surface area (Å²) in [6.45, 7) is 14.6. The van der Waals surface area contributed by atoms with E-state index in [0.717, 1.165) is 32.2 Å². The van der Waals surface area contributed by atoms with Crippen LogP contribution in [-0.2, 0) is 15.0 Å². The molecule has 1 atom stereocenters. The highest BCUT2D eigenvalue weighted by atomic mass is 32.2. The summed E-state index contributed by atoms with van der Waals surface area (Å²) in [7, 11) is 0. The number of amides is 1. The quantitative estimate of drug-likeness (QED) is 0.197. The first-order valence-electron chi connectivity index (χ1n) is 13.4. The second-order valence-corrected chi connectivity index (χ2v) is 13.3. The van der Waals surface area contributed by atoms with Crippen LogP contribution in [0.15, 0.2) is 53.4 Å². The highest BCUT2D eigenvalue weighted by Crippen LogP contribution is 2.44. The summed E-state index contributed by atoms with van der Waals surface area (Å²) in [4.78, 5) is 21.3. The summed E-state index contributed by atoms with van der Waals surface area (Å²) in [5.41, 5.74) is 10.2. The molecular weight excluding hydrogens is 567 g/mol. The number of aryl methyl sites for hydroxylation is 3. The fourth-order valence-corrected chi connectivity index (χ4v) is 6.57. The SMILES string of the molecule is CCCC(=O)O.Cc1ccc(C(CCC(F)(F)F)Sc2cc(C)c(-c3ccc(C(C)(C)C)cc3)c(C)c2)s1.NC=O. The summed E-state index contributed by atoms with van der Waals surface area (Å²) in [6.07, 6.45) is -3.55. The number of primary amides is 1. The maximum absolute atomic E-state index is 12.9. The molecule has 1 aromatic heterocycles. The first-order chi connectivity index (χ1) is 19.0. The van der Waals surface area contributed by atoms with Crippen LogP contribution < -0.4 is 5.73 Å². The predicted octanol–water partition coefficient (Wildman–Crippen LogP) is 9.79. The smallest absolute Gasteiger partial charge is 0.389 e. The van der Waals surface area contributed by atoms with Crippen LogP contribution in [0.3, 0.4) is 0 Å². The van der Waals surface area contributed by atoms with E-state index in [1.54, 1.807) is 23.1 Å². The number of carboxylic acid groups (broad SMARTS) is 1. The van der Waals surface area contributed by atoms with Crippen LogP contribution in [0, 0.1) is 20.8 Å². The number of thioether (sulfide) groups is 1. The van der Waals surface area contributed by atoms with Gasteiger partial charge in [-0.05, 0) is 91.1 Å². The minimum atomic E-state index is -4.14. The molecule has 0 spiro atoms. The van der Waals surface area contributed by atoms with Gasteiger partial charge in [0.25, 0.3) is 0 Å². The Labute approximate surface area is 250 Å². The lowest BCUT2D eigenvalue weighted by Crippen LogP contribution is -2.10. The van der Waals surface area contributed by atoms with Crippen molar-refractivity contribution in [3.05, 3.63) is 75.0 Å². The number of hydrogen-bond donors (Lipinski definition) is 2. The molecule has 2 aromatic carbocycles. The van der Waals surface area contributed by atoms with Crippen LogP contribution in [0.5, 0.6) is 0 Å². The van der Waals surface area contributed by atoms with Crippen molar-refractivity contribution in [3.8, 4) is 11.1 Å². The van der Waals surface area contributed by atoms with E-state index in [0.29, 0.717) is 6.42 Å². The van der Waals surface area contributed by atoms with Crippen molar-refractivity contribution >= 4 is 35.5 Å². The molecule has 226 valence electrons. The Balaban J connectivity index is 0.000000815. The zero-order valence-electron chi connectivity index (χ0n) is 24.9. The summed E-state index contributed by atoms with van der Waals surface area (Å²) < 4.78 is 38.8. The van der Waals surface area contributed by atoms with Gasteiger partial charge in [-0.25, -0.2) is 0 Å². The maximum Gasteiger partial charge on any atom is 0.389 e. The number of nitrogens with two attached hydrogens (primary N) is 1. The minimum absolute atomic E-state index is 0.0855. The van der Waals surface area contributed by atoms with Crippen LogP contribution in [0.2, 0.25) is 0 Å². The van der Waals surface area contributed by atoms with Gasteiger partial charge in [0, 0.05) is 32.7 Å². The van der Waals surface area contributed by atoms with Gasteiger partial charge >= 0.3 is 12.1 Å². The zero-order valence-corrected chi connectivity index (χ0v) is 26.5. The Morgan fingerprint density at radius 3 is 1.93 bits per heavy atom. The first-order valence-corrected chi connectivity index (χ1v) is 15.1. The van der Waals surface area contributed by atoms with Gasteiger partial charge in [-0.3, -0.25) is 9.59 Å². The molecular formula is C32H42F3NO3S2. The average Bonchev–Trinajstić information content (AvgIpc) is 3.27. The fraction of sp³-hybridized carbons (Fsp3) is 0.438. The van der Waals surface area contributed by atoms with E-state index >= 15 is 0 Å². The van der Waals surface area contributed by atoms with Gasteiger partial charge in [0.05, 0.1) is 0 Å². The molecule has 1 amide bonds. The van der Waals surface area contributed by atoms with Crippen molar-refractivity contribution in [1.29, 1.82) is 0 Å². The topological polar surface area (TPSA) is 80.4 Å². The lowest BCUT2D eigenvalue weighted by atomic mass is 9.85. The molecule has 0 aliphatic carbocycles. The Hall–Kier alpha value is -2.78. The van der Waals surface area contributed by atoms with Crippen molar-refractivity contribution in [2.24, 2.45) is 5.73 Å². The molecule has 1 unspecified atom stereocenters. The van der Waals surface area contributed by atoms with E-state index in [9.17, 15) is 18.0 Å². The third kappa shape index (κ3) is 13.2. The molecule has 0 bridgehead atoms. The number of benzene rings is 2. The summed E-state index contributed by atoms with van der Waals surface area (Å²) >= 11 is 3.13. The Bertz CT molecular complexity index is 1220. The van der Waals surface area contributed by atoms with E-state index in [-0.39, 0.29) is 23.5 Å². The molecule has 9 heteroatoms. The summed E-state index contributed by atoms with van der Waals surface area (Å²) in [6, 6.07) is 16.9. The molecule has 0 aliphatic heterocycles. The van der Waals surface area contributed by atoms with Gasteiger partial charge in [0.2, 0.25) is 6.41 Å². The molecule has 3 rings (SSSR count). The van der Waals surface area contributed by atoms with Gasteiger partial charge < -0.3 is 10.8 Å². The van der Waals surface area contributed by atoms with Gasteiger partial charge in [0.1, 0.15) is 0 Å². The average molecular weight is 610 g/mol. The van der Waals surface area contributed by atoms with Gasteiger partial charge in [-0.15, -0.1) is 23.1 Å². The van der Waals surface area contributed by atoms with Crippen molar-refractivity contribution in [2.45, 2.75) is 95.9 Å². The molecule has 0 radical (unpaired) electrons. The van der Waals surface area contributed by atoms with Crippen molar-refractivity contribution in [3.63, 3.8) is 0 Å². The van der Waals surface area contributed by atoms with Crippen LogP contribution in [0.25, 0.3) is 11.1 Å². The molecule has 3 N–H and O–H groups in total. The molecule has 0 fully saturated rings. The number of halogens is 3. The Morgan fingerprint density at radius 1 is 1.02 bits per heavy atom. The first kappa shape index (κ1) is 36.2. The van der Waals surface area contributed by atoms with Crippen LogP contribution in [-0.4, -0.2) is 23.7 Å². The highest BCUT2D eigenvalue weighted by Gasteiger charge is 2.29. The number of rotatable bonds is 8. The third-order valence-corrected chi connectivity index (χ3v) is 8.60. The van der Waals surface area contributed by atoms with Gasteiger partial charge in [-0.2, -0.15) is 13.2 Å². The minimum Gasteiger partial charge on any atom is -0.481 e. The normalized spacial score (nSPS) is 12.0.